The Morgan fingerprint density at radius 2 is 1.86 bits per heavy atom. The average Bonchev–Trinajstić information content (AvgIpc) is 2.47. The van der Waals surface area contributed by atoms with Gasteiger partial charge in [0, 0.05) is 12.2 Å². The summed E-state index contributed by atoms with van der Waals surface area (Å²) >= 11 is 0. The zero-order chi connectivity index (χ0) is 10.8. The van der Waals surface area contributed by atoms with Gasteiger partial charge in [-0.3, -0.25) is 14.5 Å². The van der Waals surface area contributed by atoms with Gasteiger partial charge >= 0.3 is 0 Å². The molecule has 1 heterocycles. The van der Waals surface area contributed by atoms with Gasteiger partial charge in [0.25, 0.3) is 11.8 Å². The number of carbonyl (C=O) groups is 2. The van der Waals surface area contributed by atoms with E-state index >= 15 is 0 Å². The van der Waals surface area contributed by atoms with E-state index in [1.165, 1.54) is 12.2 Å². The molecule has 0 aliphatic carbocycles. The summed E-state index contributed by atoms with van der Waals surface area (Å²) in [6.07, 6.45) is 3.91. The average molecular weight is 197 g/mol. The van der Waals surface area contributed by atoms with Crippen LogP contribution >= 0.6 is 0 Å². The van der Waals surface area contributed by atoms with Gasteiger partial charge in [-0.2, -0.15) is 0 Å². The van der Waals surface area contributed by atoms with Crippen molar-refractivity contribution in [3.63, 3.8) is 0 Å². The van der Waals surface area contributed by atoms with Crippen LogP contribution in [0.2, 0.25) is 0 Å². The van der Waals surface area contributed by atoms with E-state index in [0.29, 0.717) is 6.42 Å². The topological polar surface area (TPSA) is 57.6 Å². The molecule has 1 unspecified atom stereocenters. The summed E-state index contributed by atoms with van der Waals surface area (Å²) in [7, 11) is 0. The van der Waals surface area contributed by atoms with E-state index < -0.39 is 5.54 Å². The van der Waals surface area contributed by atoms with Gasteiger partial charge in [-0.25, -0.2) is 0 Å². The van der Waals surface area contributed by atoms with Crippen molar-refractivity contribution in [3.05, 3.63) is 12.2 Å². The molecule has 0 bridgehead atoms. The lowest BCUT2D eigenvalue weighted by Gasteiger charge is -2.35. The van der Waals surface area contributed by atoms with Gasteiger partial charge in [-0.05, 0) is 13.3 Å². The maximum absolute atomic E-state index is 11.4. The fraction of sp³-hybridized carbons (Fsp3) is 0.600. The number of rotatable bonds is 4. The Morgan fingerprint density at radius 3 is 2.21 bits per heavy atom. The van der Waals surface area contributed by atoms with Gasteiger partial charge in [0.15, 0.2) is 0 Å². The van der Waals surface area contributed by atoms with Crippen molar-refractivity contribution >= 4 is 11.8 Å². The number of aliphatic hydroxyl groups excluding tert-OH is 1. The number of aliphatic hydroxyl groups is 1. The third kappa shape index (κ3) is 1.70. The molecule has 0 spiro atoms. The summed E-state index contributed by atoms with van der Waals surface area (Å²) < 4.78 is 0. The van der Waals surface area contributed by atoms with E-state index in [-0.39, 0.29) is 18.4 Å². The first-order valence-electron chi connectivity index (χ1n) is 4.72. The molecule has 1 aliphatic heterocycles. The number of amides is 2. The summed E-state index contributed by atoms with van der Waals surface area (Å²) in [6, 6.07) is 0. The molecule has 0 aromatic carbocycles. The Labute approximate surface area is 83.2 Å². The largest absolute Gasteiger partial charge is 0.394 e. The Kier molecular flexibility index (Phi) is 3.06. The number of hydrogen-bond acceptors (Lipinski definition) is 3. The second-order valence-electron chi connectivity index (χ2n) is 3.75. The van der Waals surface area contributed by atoms with Crippen LogP contribution in [0.1, 0.15) is 26.7 Å². The molecule has 4 nitrogen and oxygen atoms in total. The number of hydrogen-bond donors (Lipinski definition) is 1. The fourth-order valence-electron chi connectivity index (χ4n) is 1.73. The van der Waals surface area contributed by atoms with E-state index in [1.807, 2.05) is 6.92 Å². The van der Waals surface area contributed by atoms with Crippen LogP contribution in [-0.2, 0) is 9.59 Å². The molecule has 14 heavy (non-hydrogen) atoms. The summed E-state index contributed by atoms with van der Waals surface area (Å²) in [5.74, 6) is -0.667. The highest BCUT2D eigenvalue weighted by Crippen LogP contribution is 2.24. The first kappa shape index (κ1) is 10.9. The monoisotopic (exact) mass is 197 g/mol. The molecule has 4 heteroatoms. The minimum atomic E-state index is -0.758. The van der Waals surface area contributed by atoms with Gasteiger partial charge in [-0.15, -0.1) is 0 Å². The van der Waals surface area contributed by atoms with Crippen LogP contribution in [0, 0.1) is 0 Å². The lowest BCUT2D eigenvalue weighted by Crippen LogP contribution is -2.52. The van der Waals surface area contributed by atoms with Crippen LogP contribution in [-0.4, -0.2) is 34.0 Å². The molecular weight excluding hydrogens is 182 g/mol. The maximum Gasteiger partial charge on any atom is 0.254 e. The second-order valence-corrected chi connectivity index (χ2v) is 3.75. The van der Waals surface area contributed by atoms with Crippen molar-refractivity contribution in [3.8, 4) is 0 Å². The van der Waals surface area contributed by atoms with E-state index in [4.69, 9.17) is 0 Å². The maximum atomic E-state index is 11.4. The van der Waals surface area contributed by atoms with Crippen LogP contribution in [0.25, 0.3) is 0 Å². The zero-order valence-electron chi connectivity index (χ0n) is 8.49. The van der Waals surface area contributed by atoms with Gasteiger partial charge < -0.3 is 5.11 Å². The van der Waals surface area contributed by atoms with E-state index in [0.717, 1.165) is 11.3 Å². The molecule has 1 aliphatic rings. The predicted molar refractivity (Wildman–Crippen MR) is 51.4 cm³/mol. The van der Waals surface area contributed by atoms with Crippen molar-refractivity contribution in [1.82, 2.24) is 4.90 Å². The van der Waals surface area contributed by atoms with Gasteiger partial charge in [0.05, 0.1) is 12.1 Å². The molecule has 1 atom stereocenters. The number of carbonyl (C=O) groups excluding carboxylic acids is 2. The Morgan fingerprint density at radius 1 is 1.36 bits per heavy atom. The van der Waals surface area contributed by atoms with Crippen LogP contribution in [0.3, 0.4) is 0 Å². The highest BCUT2D eigenvalue weighted by molar-refractivity contribution is 6.13. The van der Waals surface area contributed by atoms with Crippen LogP contribution in [0.5, 0.6) is 0 Å². The van der Waals surface area contributed by atoms with Crippen molar-refractivity contribution in [1.29, 1.82) is 0 Å². The highest BCUT2D eigenvalue weighted by Gasteiger charge is 2.39. The fourth-order valence-corrected chi connectivity index (χ4v) is 1.73. The molecule has 1 rings (SSSR count). The number of imide groups is 1. The third-order valence-corrected chi connectivity index (χ3v) is 2.48. The summed E-state index contributed by atoms with van der Waals surface area (Å²) in [5, 5.41) is 9.24. The Balaban J connectivity index is 2.89. The van der Waals surface area contributed by atoms with Crippen LogP contribution in [0.15, 0.2) is 12.2 Å². The molecular formula is C10H15NO3. The van der Waals surface area contributed by atoms with Crippen molar-refractivity contribution in [2.75, 3.05) is 6.61 Å². The zero-order valence-corrected chi connectivity index (χ0v) is 8.49. The van der Waals surface area contributed by atoms with Gasteiger partial charge in [-0.1, -0.05) is 13.3 Å². The third-order valence-electron chi connectivity index (χ3n) is 2.48. The standard InChI is InChI=1S/C10H15NO3/c1-3-6-10(2,7-12)11-8(13)4-5-9(11)14/h4-5,12H,3,6-7H2,1-2H3. The number of nitrogens with zero attached hydrogens (tertiary/aromatic N) is 1. The molecule has 0 aromatic heterocycles. The minimum Gasteiger partial charge on any atom is -0.394 e. The lowest BCUT2D eigenvalue weighted by atomic mass is 9.95. The smallest absolute Gasteiger partial charge is 0.254 e. The van der Waals surface area contributed by atoms with Crippen molar-refractivity contribution in [2.45, 2.75) is 32.2 Å². The van der Waals surface area contributed by atoms with Crippen LogP contribution < -0.4 is 0 Å². The predicted octanol–water partition coefficient (Wildman–Crippen LogP) is 0.462. The Bertz CT molecular complexity index is 267. The SMILES string of the molecule is CCCC(C)(CO)N1C(=O)C=CC1=O. The summed E-state index contributed by atoms with van der Waals surface area (Å²) in [4.78, 5) is 23.9. The summed E-state index contributed by atoms with van der Waals surface area (Å²) in [6.45, 7) is 3.48. The molecule has 0 saturated heterocycles. The normalized spacial score (nSPS) is 20.4. The van der Waals surface area contributed by atoms with Crippen LogP contribution in [0.4, 0.5) is 0 Å². The van der Waals surface area contributed by atoms with E-state index in [9.17, 15) is 14.7 Å². The molecule has 2 amide bonds. The second kappa shape index (κ2) is 3.92. The molecule has 0 saturated carbocycles. The lowest BCUT2D eigenvalue weighted by molar-refractivity contribution is -0.145. The first-order valence-corrected chi connectivity index (χ1v) is 4.72. The van der Waals surface area contributed by atoms with Crippen molar-refractivity contribution in [2.24, 2.45) is 0 Å². The van der Waals surface area contributed by atoms with Gasteiger partial charge in [0.2, 0.25) is 0 Å². The highest BCUT2D eigenvalue weighted by atomic mass is 16.3. The summed E-state index contributed by atoms with van der Waals surface area (Å²) in [5.41, 5.74) is -0.758. The molecule has 78 valence electrons. The van der Waals surface area contributed by atoms with E-state index in [1.54, 1.807) is 6.92 Å². The molecule has 1 N–H and O–H groups in total. The van der Waals surface area contributed by atoms with Gasteiger partial charge in [0.1, 0.15) is 0 Å². The van der Waals surface area contributed by atoms with E-state index in [2.05, 4.69) is 0 Å². The quantitative estimate of drug-likeness (QED) is 0.666. The van der Waals surface area contributed by atoms with Crippen molar-refractivity contribution < 1.29 is 14.7 Å². The minimum absolute atomic E-state index is 0.194. The molecule has 0 radical (unpaired) electrons. The first-order chi connectivity index (χ1) is 6.55. The molecule has 0 fully saturated rings. The Hall–Kier alpha value is -1.16. The molecule has 0 aromatic rings.